The van der Waals surface area contributed by atoms with Gasteiger partial charge in [0.05, 0.1) is 24.2 Å². The summed E-state index contributed by atoms with van der Waals surface area (Å²) in [5.74, 6) is 2.52. The van der Waals surface area contributed by atoms with Gasteiger partial charge in [-0.15, -0.1) is 10.2 Å². The van der Waals surface area contributed by atoms with Crippen LogP contribution >= 0.6 is 11.6 Å². The van der Waals surface area contributed by atoms with Crippen molar-refractivity contribution in [3.05, 3.63) is 58.8 Å². The van der Waals surface area contributed by atoms with Gasteiger partial charge in [0.1, 0.15) is 5.82 Å². The molecule has 12 heteroatoms. The Bertz CT molecular complexity index is 1510. The lowest BCUT2D eigenvalue weighted by molar-refractivity contribution is -0.148. The number of aromatic nitrogens is 6. The predicted octanol–water partition coefficient (Wildman–Crippen LogP) is 4.46. The molecule has 1 saturated heterocycles. The molecule has 37 heavy (non-hydrogen) atoms. The molecule has 0 bridgehead atoms. The number of nitrogens with zero attached hydrogens (tertiary/aromatic N) is 8. The molecule has 1 aromatic carbocycles. The summed E-state index contributed by atoms with van der Waals surface area (Å²) >= 11 is 6.22. The molecule has 1 aliphatic carbocycles. The fourth-order valence-electron chi connectivity index (χ4n) is 6.37. The number of alkyl halides is 3. The molecule has 0 atom stereocenters. The number of hydrogen-bond donors (Lipinski definition) is 0. The van der Waals surface area contributed by atoms with E-state index in [-0.39, 0.29) is 24.4 Å². The topological polar surface area (TPSA) is 67.9 Å². The van der Waals surface area contributed by atoms with E-state index in [2.05, 4.69) is 26.1 Å². The Kier molecular flexibility index (Phi) is 4.91. The summed E-state index contributed by atoms with van der Waals surface area (Å²) in [5, 5.41) is 15.1. The smallest absolute Gasteiger partial charge is 0.353 e. The average molecular weight is 529 g/mol. The Hall–Kier alpha value is -3.18. The largest absolute Gasteiger partial charge is 0.401 e. The average Bonchev–Trinajstić information content (AvgIpc) is 3.28. The minimum absolute atomic E-state index is 0.0746. The van der Waals surface area contributed by atoms with E-state index >= 15 is 0 Å². The quantitative estimate of drug-likeness (QED) is 0.391. The number of benzene rings is 1. The van der Waals surface area contributed by atoms with Gasteiger partial charge in [-0.25, -0.2) is 9.67 Å². The van der Waals surface area contributed by atoms with Crippen molar-refractivity contribution < 1.29 is 13.2 Å². The van der Waals surface area contributed by atoms with Crippen molar-refractivity contribution in [2.24, 2.45) is 12.5 Å². The van der Waals surface area contributed by atoms with Gasteiger partial charge in [-0.05, 0) is 48.7 Å². The summed E-state index contributed by atoms with van der Waals surface area (Å²) in [5.41, 5.74) is 2.62. The Balaban J connectivity index is 1.13. The fraction of sp³-hybridized carbons (Fsp3) is 0.440. The van der Waals surface area contributed by atoms with Crippen molar-refractivity contribution in [2.45, 2.75) is 38.0 Å². The van der Waals surface area contributed by atoms with Crippen molar-refractivity contribution in [1.82, 2.24) is 34.4 Å². The van der Waals surface area contributed by atoms with Crippen LogP contribution in [0.3, 0.4) is 0 Å². The fourth-order valence-corrected chi connectivity index (χ4v) is 6.56. The van der Waals surface area contributed by atoms with Gasteiger partial charge >= 0.3 is 6.18 Å². The zero-order chi connectivity index (χ0) is 25.5. The van der Waals surface area contributed by atoms with E-state index in [4.69, 9.17) is 16.7 Å². The van der Waals surface area contributed by atoms with Gasteiger partial charge in [0.2, 0.25) is 0 Å². The molecule has 3 aromatic heterocycles. The maximum atomic E-state index is 13.3. The normalized spacial score (nSPS) is 19.4. The molecule has 3 aliphatic rings. The molecular formula is C25H24ClF3N8. The van der Waals surface area contributed by atoms with E-state index in [1.807, 2.05) is 28.4 Å². The Labute approximate surface area is 215 Å². The van der Waals surface area contributed by atoms with Crippen LogP contribution in [0.5, 0.6) is 0 Å². The molecule has 1 saturated carbocycles. The number of hydrogen-bond acceptors (Lipinski definition) is 6. The van der Waals surface area contributed by atoms with Crippen LogP contribution < -0.4 is 4.90 Å². The summed E-state index contributed by atoms with van der Waals surface area (Å²) in [6, 6.07) is 9.37. The third-order valence-corrected chi connectivity index (χ3v) is 8.09. The van der Waals surface area contributed by atoms with Crippen LogP contribution in [0.2, 0.25) is 5.02 Å². The first-order valence-electron chi connectivity index (χ1n) is 12.2. The van der Waals surface area contributed by atoms with E-state index in [0.717, 1.165) is 59.9 Å². The van der Waals surface area contributed by atoms with Gasteiger partial charge in [0, 0.05) is 49.2 Å². The molecule has 2 fully saturated rings. The third-order valence-electron chi connectivity index (χ3n) is 7.85. The number of rotatable bonds is 3. The standard InChI is InChI=1S/C25H24ClF3N8/c1-34-22-18(3-2-6-30-22)23(33-34)36-12-24(13-36)8-16(9-24)21-32-31-20-11-35(14-25(27,28)29)10-15-7-17(26)4-5-19(15)37(20)21/h2-7,16H,8-14H2,1H3. The highest BCUT2D eigenvalue weighted by Gasteiger charge is 2.55. The maximum Gasteiger partial charge on any atom is 0.401 e. The number of fused-ring (bicyclic) bond motifs is 4. The van der Waals surface area contributed by atoms with E-state index in [9.17, 15) is 13.2 Å². The number of anilines is 1. The van der Waals surface area contributed by atoms with Crippen LogP contribution in [0.15, 0.2) is 36.5 Å². The molecule has 1 spiro atoms. The molecule has 4 aromatic rings. The van der Waals surface area contributed by atoms with Crippen LogP contribution in [-0.2, 0) is 20.1 Å². The Morgan fingerprint density at radius 2 is 1.92 bits per heavy atom. The highest BCUT2D eigenvalue weighted by atomic mass is 35.5. The van der Waals surface area contributed by atoms with Gasteiger partial charge in [-0.1, -0.05) is 11.6 Å². The van der Waals surface area contributed by atoms with Gasteiger partial charge in [0.25, 0.3) is 0 Å². The third kappa shape index (κ3) is 3.78. The van der Waals surface area contributed by atoms with Gasteiger partial charge in [-0.2, -0.15) is 18.3 Å². The highest BCUT2D eigenvalue weighted by molar-refractivity contribution is 6.30. The SMILES string of the molecule is Cn1nc(N2CC3(CC(c4nnc5n4-c4ccc(Cl)cc4CN(CC(F)(F)F)C5)C3)C2)c2cccnc21. The molecule has 2 aliphatic heterocycles. The predicted molar refractivity (Wildman–Crippen MR) is 132 cm³/mol. The summed E-state index contributed by atoms with van der Waals surface area (Å²) in [6.45, 7) is 1.04. The Morgan fingerprint density at radius 3 is 2.70 bits per heavy atom. The second-order valence-corrected chi connectivity index (χ2v) is 11.1. The van der Waals surface area contributed by atoms with E-state index < -0.39 is 12.7 Å². The molecule has 192 valence electrons. The highest BCUT2D eigenvalue weighted by Crippen LogP contribution is 2.57. The first kappa shape index (κ1) is 23.0. The second kappa shape index (κ2) is 7.91. The molecule has 0 N–H and O–H groups in total. The van der Waals surface area contributed by atoms with E-state index in [1.54, 1.807) is 18.3 Å². The molecule has 0 unspecified atom stereocenters. The number of halogens is 4. The van der Waals surface area contributed by atoms with Crippen molar-refractivity contribution in [2.75, 3.05) is 24.5 Å². The van der Waals surface area contributed by atoms with Crippen molar-refractivity contribution >= 4 is 28.5 Å². The zero-order valence-corrected chi connectivity index (χ0v) is 20.8. The van der Waals surface area contributed by atoms with E-state index in [1.165, 1.54) is 4.90 Å². The van der Waals surface area contributed by atoms with Gasteiger partial charge < -0.3 is 4.90 Å². The molecule has 7 rings (SSSR count). The molecule has 0 amide bonds. The van der Waals surface area contributed by atoms with E-state index in [0.29, 0.717) is 10.8 Å². The van der Waals surface area contributed by atoms with Crippen LogP contribution in [0.4, 0.5) is 19.0 Å². The first-order valence-corrected chi connectivity index (χ1v) is 12.6. The summed E-state index contributed by atoms with van der Waals surface area (Å²) in [4.78, 5) is 8.09. The first-order chi connectivity index (χ1) is 17.7. The number of pyridine rings is 1. The van der Waals surface area contributed by atoms with Crippen LogP contribution in [0.25, 0.3) is 16.7 Å². The maximum absolute atomic E-state index is 13.3. The molecule has 5 heterocycles. The molecule has 0 radical (unpaired) electrons. The summed E-state index contributed by atoms with van der Waals surface area (Å²) in [6.07, 6.45) is -0.611. The van der Waals surface area contributed by atoms with Crippen molar-refractivity contribution in [1.29, 1.82) is 0 Å². The molecular weight excluding hydrogens is 505 g/mol. The zero-order valence-electron chi connectivity index (χ0n) is 20.1. The van der Waals surface area contributed by atoms with Crippen LogP contribution in [0, 0.1) is 5.41 Å². The van der Waals surface area contributed by atoms with Crippen LogP contribution in [-0.4, -0.2) is 60.2 Å². The summed E-state index contributed by atoms with van der Waals surface area (Å²) in [7, 11) is 1.91. The van der Waals surface area contributed by atoms with Crippen molar-refractivity contribution in [3.8, 4) is 5.69 Å². The monoisotopic (exact) mass is 528 g/mol. The lowest BCUT2D eigenvalue weighted by Gasteiger charge is -2.59. The van der Waals surface area contributed by atoms with Gasteiger partial charge in [-0.3, -0.25) is 9.47 Å². The lowest BCUT2D eigenvalue weighted by Crippen LogP contribution is -2.62. The minimum atomic E-state index is -4.30. The van der Waals surface area contributed by atoms with Crippen LogP contribution in [0.1, 0.15) is 36.0 Å². The lowest BCUT2D eigenvalue weighted by atomic mass is 9.57. The minimum Gasteiger partial charge on any atom is -0.353 e. The Morgan fingerprint density at radius 1 is 1.11 bits per heavy atom. The van der Waals surface area contributed by atoms with Gasteiger partial charge in [0.15, 0.2) is 17.3 Å². The molecule has 8 nitrogen and oxygen atoms in total. The summed E-state index contributed by atoms with van der Waals surface area (Å²) < 4.78 is 43.5. The number of aryl methyl sites for hydroxylation is 1. The van der Waals surface area contributed by atoms with Crippen molar-refractivity contribution in [3.63, 3.8) is 0 Å². The second-order valence-electron chi connectivity index (χ2n) is 10.6.